The van der Waals surface area contributed by atoms with Crippen LogP contribution in [-0.4, -0.2) is 15.1 Å². The molecule has 0 saturated heterocycles. The lowest BCUT2D eigenvalue weighted by atomic mass is 10.1. The predicted octanol–water partition coefficient (Wildman–Crippen LogP) is 7.76. The molecule has 0 atom stereocenters. The summed E-state index contributed by atoms with van der Waals surface area (Å²) >= 11 is 1.63. The minimum atomic E-state index is 0.254. The molecule has 0 saturated carbocycles. The van der Waals surface area contributed by atoms with E-state index in [2.05, 4.69) is 47.6 Å². The van der Waals surface area contributed by atoms with Gasteiger partial charge in [0.2, 0.25) is 0 Å². The molecule has 0 aliphatic heterocycles. The molecule has 2 N–H and O–H groups in total. The largest absolute Gasteiger partial charge is 0.508 e. The number of benzene rings is 3. The zero-order valence-corrected chi connectivity index (χ0v) is 20.8. The lowest BCUT2D eigenvalue weighted by Gasteiger charge is -2.16. The molecule has 5 aromatic rings. The molecule has 2 aromatic heterocycles. The number of phenols is 1. The molecular formula is C30H27N3O2S. The first-order valence-electron chi connectivity index (χ1n) is 12.0. The maximum absolute atomic E-state index is 9.67. The number of aryl methyl sites for hydroxylation is 1. The van der Waals surface area contributed by atoms with Crippen LogP contribution in [0, 0.1) is 0 Å². The molecule has 5 rings (SSSR count). The summed E-state index contributed by atoms with van der Waals surface area (Å²) in [7, 11) is 0. The van der Waals surface area contributed by atoms with Gasteiger partial charge < -0.3 is 15.2 Å². The number of pyridine rings is 2. The standard InChI is InChI=1S/C30H27N3O2S/c1-2-6-22-10-15-26-27(17-18-31-30(26)32-22)33-28-19-21(20-35-24-7-4-3-5-8-24)9-16-29(28)36-25-13-11-23(34)12-14-25/h3-5,7-19,34H,2,6,20H2,1H3,(H,31,32,33). The Labute approximate surface area is 215 Å². The molecule has 0 spiro atoms. The average molecular weight is 494 g/mol. The van der Waals surface area contributed by atoms with Gasteiger partial charge in [0.25, 0.3) is 0 Å². The van der Waals surface area contributed by atoms with Gasteiger partial charge in [0.05, 0.1) is 11.4 Å². The predicted molar refractivity (Wildman–Crippen MR) is 146 cm³/mol. The van der Waals surface area contributed by atoms with Gasteiger partial charge in [-0.1, -0.05) is 49.4 Å². The number of fused-ring (bicyclic) bond motifs is 1. The van der Waals surface area contributed by atoms with Crippen molar-refractivity contribution in [2.24, 2.45) is 0 Å². The van der Waals surface area contributed by atoms with Crippen LogP contribution in [0.25, 0.3) is 11.0 Å². The molecule has 0 radical (unpaired) electrons. The van der Waals surface area contributed by atoms with Crippen molar-refractivity contribution in [3.63, 3.8) is 0 Å². The number of anilines is 2. The van der Waals surface area contributed by atoms with Gasteiger partial charge in [0, 0.05) is 27.1 Å². The third-order valence-corrected chi connectivity index (χ3v) is 6.78. The molecule has 5 nitrogen and oxygen atoms in total. The Morgan fingerprint density at radius 2 is 1.72 bits per heavy atom. The van der Waals surface area contributed by atoms with Crippen molar-refractivity contribution in [3.05, 3.63) is 108 Å². The van der Waals surface area contributed by atoms with E-state index >= 15 is 0 Å². The van der Waals surface area contributed by atoms with Crippen molar-refractivity contribution in [2.45, 2.75) is 36.2 Å². The number of aromatic hydroxyl groups is 1. The molecule has 0 bridgehead atoms. The smallest absolute Gasteiger partial charge is 0.161 e. The third kappa shape index (κ3) is 5.78. The fourth-order valence-corrected chi connectivity index (χ4v) is 4.78. The SMILES string of the molecule is CCCc1ccc2c(Nc3cc(COc4ccccc4)ccc3Sc3ccc(O)cc3)ccnc2n1. The monoisotopic (exact) mass is 493 g/mol. The van der Waals surface area contributed by atoms with E-state index in [-0.39, 0.29) is 5.75 Å². The van der Waals surface area contributed by atoms with Crippen molar-refractivity contribution < 1.29 is 9.84 Å². The number of nitrogens with one attached hydrogen (secondary N) is 1. The average Bonchev–Trinajstić information content (AvgIpc) is 2.91. The number of phenolic OH excluding ortho intramolecular Hbond substituents is 1. The molecule has 36 heavy (non-hydrogen) atoms. The molecule has 180 valence electrons. The number of nitrogens with zero attached hydrogens (tertiary/aromatic N) is 2. The number of aromatic nitrogens is 2. The van der Waals surface area contributed by atoms with Crippen molar-refractivity contribution in [2.75, 3.05) is 5.32 Å². The third-order valence-electron chi connectivity index (χ3n) is 5.69. The zero-order valence-electron chi connectivity index (χ0n) is 20.0. The van der Waals surface area contributed by atoms with Gasteiger partial charge in [-0.05, 0) is 78.7 Å². The van der Waals surface area contributed by atoms with E-state index in [1.807, 2.05) is 48.5 Å². The summed E-state index contributed by atoms with van der Waals surface area (Å²) in [6, 6.07) is 29.5. The molecule has 0 unspecified atom stereocenters. The summed E-state index contributed by atoms with van der Waals surface area (Å²) in [5.74, 6) is 1.09. The quantitative estimate of drug-likeness (QED) is 0.219. The summed E-state index contributed by atoms with van der Waals surface area (Å²) < 4.78 is 5.99. The van der Waals surface area contributed by atoms with E-state index in [9.17, 15) is 5.11 Å². The molecule has 2 heterocycles. The van der Waals surface area contributed by atoms with Crippen molar-refractivity contribution in [1.82, 2.24) is 9.97 Å². The normalized spacial score (nSPS) is 10.9. The Morgan fingerprint density at radius 1 is 0.889 bits per heavy atom. The number of para-hydroxylation sites is 1. The van der Waals surface area contributed by atoms with Gasteiger partial charge in [-0.3, -0.25) is 0 Å². The first kappa shape index (κ1) is 23.7. The van der Waals surface area contributed by atoms with Crippen LogP contribution in [0.2, 0.25) is 0 Å². The van der Waals surface area contributed by atoms with Crippen LogP contribution in [0.3, 0.4) is 0 Å². The number of hydrogen-bond acceptors (Lipinski definition) is 6. The highest BCUT2D eigenvalue weighted by Gasteiger charge is 2.11. The second kappa shape index (κ2) is 11.1. The first-order chi connectivity index (χ1) is 17.7. The van der Waals surface area contributed by atoms with Gasteiger partial charge >= 0.3 is 0 Å². The highest BCUT2D eigenvalue weighted by molar-refractivity contribution is 7.99. The van der Waals surface area contributed by atoms with Crippen molar-refractivity contribution in [1.29, 1.82) is 0 Å². The highest BCUT2D eigenvalue weighted by Crippen LogP contribution is 2.37. The summed E-state index contributed by atoms with van der Waals surface area (Å²) in [5.41, 5.74) is 4.76. The van der Waals surface area contributed by atoms with Crippen LogP contribution in [-0.2, 0) is 13.0 Å². The second-order valence-electron chi connectivity index (χ2n) is 8.44. The van der Waals surface area contributed by atoms with Crippen molar-refractivity contribution in [3.8, 4) is 11.5 Å². The number of ether oxygens (including phenoxy) is 1. The number of hydrogen-bond donors (Lipinski definition) is 2. The maximum Gasteiger partial charge on any atom is 0.161 e. The fourth-order valence-electron chi connectivity index (χ4n) is 3.90. The van der Waals surface area contributed by atoms with Gasteiger partial charge in [-0.15, -0.1) is 0 Å². The lowest BCUT2D eigenvalue weighted by molar-refractivity contribution is 0.306. The Kier molecular flexibility index (Phi) is 7.33. The molecule has 0 aliphatic rings. The Morgan fingerprint density at radius 3 is 2.53 bits per heavy atom. The maximum atomic E-state index is 9.67. The van der Waals surface area contributed by atoms with Crippen LogP contribution >= 0.6 is 11.8 Å². The van der Waals surface area contributed by atoms with E-state index in [1.54, 1.807) is 30.1 Å². The molecular weight excluding hydrogens is 466 g/mol. The molecule has 0 amide bonds. The topological polar surface area (TPSA) is 67.3 Å². The summed E-state index contributed by atoms with van der Waals surface area (Å²) in [5, 5.41) is 14.3. The van der Waals surface area contributed by atoms with Crippen LogP contribution < -0.4 is 10.1 Å². The van der Waals surface area contributed by atoms with Crippen LogP contribution in [0.4, 0.5) is 11.4 Å². The zero-order chi connectivity index (χ0) is 24.7. The summed E-state index contributed by atoms with van der Waals surface area (Å²) in [6.07, 6.45) is 3.78. The van der Waals surface area contributed by atoms with Gasteiger partial charge in [0.15, 0.2) is 5.65 Å². The lowest BCUT2D eigenvalue weighted by Crippen LogP contribution is -2.00. The van der Waals surface area contributed by atoms with Gasteiger partial charge in [0.1, 0.15) is 18.1 Å². The van der Waals surface area contributed by atoms with E-state index < -0.39 is 0 Å². The van der Waals surface area contributed by atoms with Gasteiger partial charge in [-0.25, -0.2) is 9.97 Å². The fraction of sp³-hybridized carbons (Fsp3) is 0.133. The Bertz CT molecular complexity index is 1460. The van der Waals surface area contributed by atoms with Crippen molar-refractivity contribution >= 4 is 34.2 Å². The Balaban J connectivity index is 1.47. The molecule has 6 heteroatoms. The van der Waals surface area contributed by atoms with E-state index in [0.717, 1.165) is 62.0 Å². The molecule has 0 fully saturated rings. The van der Waals surface area contributed by atoms with Gasteiger partial charge in [-0.2, -0.15) is 0 Å². The highest BCUT2D eigenvalue weighted by atomic mass is 32.2. The molecule has 0 aliphatic carbocycles. The van der Waals surface area contributed by atoms with E-state index in [4.69, 9.17) is 9.72 Å². The van der Waals surface area contributed by atoms with E-state index in [1.165, 1.54) is 0 Å². The number of rotatable bonds is 9. The summed E-state index contributed by atoms with van der Waals surface area (Å²) in [6.45, 7) is 2.61. The Hall–Kier alpha value is -4.03. The minimum absolute atomic E-state index is 0.254. The van der Waals surface area contributed by atoms with Crippen LogP contribution in [0.15, 0.2) is 107 Å². The van der Waals surface area contributed by atoms with E-state index in [0.29, 0.717) is 6.61 Å². The minimum Gasteiger partial charge on any atom is -0.508 e. The molecule has 3 aromatic carbocycles. The van der Waals surface area contributed by atoms with Crippen LogP contribution in [0.1, 0.15) is 24.6 Å². The first-order valence-corrected chi connectivity index (χ1v) is 12.8. The summed E-state index contributed by atoms with van der Waals surface area (Å²) in [4.78, 5) is 11.3. The van der Waals surface area contributed by atoms with Crippen LogP contribution in [0.5, 0.6) is 11.5 Å². The second-order valence-corrected chi connectivity index (χ2v) is 9.55.